The second-order valence-electron chi connectivity index (χ2n) is 4.46. The van der Waals surface area contributed by atoms with Gasteiger partial charge in [-0.15, -0.1) is 11.8 Å². The van der Waals surface area contributed by atoms with Gasteiger partial charge in [0.1, 0.15) is 5.82 Å². The first kappa shape index (κ1) is 15.5. The number of pyridine rings is 1. The summed E-state index contributed by atoms with van der Waals surface area (Å²) >= 11 is 1.46. The van der Waals surface area contributed by atoms with Gasteiger partial charge < -0.3 is 14.6 Å². The monoisotopic (exact) mass is 306 g/mol. The van der Waals surface area contributed by atoms with Crippen LogP contribution in [0.4, 0.5) is 0 Å². The summed E-state index contributed by atoms with van der Waals surface area (Å²) in [4.78, 5) is 23.1. The molecule has 0 radical (unpaired) electrons. The van der Waals surface area contributed by atoms with Crippen LogP contribution in [-0.2, 0) is 18.4 Å². The molecule has 112 valence electrons. The SMILES string of the molecule is Cn1ccnc1CN(CCO)C(=O)CSc1ccncc1. The van der Waals surface area contributed by atoms with Gasteiger partial charge in [-0.25, -0.2) is 4.98 Å². The third kappa shape index (κ3) is 4.57. The quantitative estimate of drug-likeness (QED) is 0.771. The summed E-state index contributed by atoms with van der Waals surface area (Å²) < 4.78 is 1.87. The molecule has 0 aromatic carbocycles. The maximum absolute atomic E-state index is 12.3. The standard InChI is InChI=1S/C14H18N4O2S/c1-17-7-6-16-13(17)10-18(8-9-19)14(20)11-21-12-2-4-15-5-3-12/h2-7,19H,8-11H2,1H3. The third-order valence-electron chi connectivity index (χ3n) is 2.99. The summed E-state index contributed by atoms with van der Waals surface area (Å²) in [6, 6.07) is 3.74. The number of hydrogen-bond donors (Lipinski definition) is 1. The molecule has 0 atom stereocenters. The van der Waals surface area contributed by atoms with E-state index in [2.05, 4.69) is 9.97 Å². The first-order chi connectivity index (χ1) is 10.2. The first-order valence-corrected chi connectivity index (χ1v) is 7.57. The molecule has 7 heteroatoms. The first-order valence-electron chi connectivity index (χ1n) is 6.58. The number of hydrogen-bond acceptors (Lipinski definition) is 5. The Hall–Kier alpha value is -1.86. The fourth-order valence-electron chi connectivity index (χ4n) is 1.80. The molecule has 2 aromatic heterocycles. The number of nitrogens with zero attached hydrogens (tertiary/aromatic N) is 4. The second-order valence-corrected chi connectivity index (χ2v) is 5.51. The van der Waals surface area contributed by atoms with Gasteiger partial charge in [-0.1, -0.05) is 0 Å². The van der Waals surface area contributed by atoms with E-state index in [0.29, 0.717) is 18.8 Å². The molecule has 1 N–H and O–H groups in total. The smallest absolute Gasteiger partial charge is 0.233 e. The average Bonchev–Trinajstić information content (AvgIpc) is 2.91. The van der Waals surface area contributed by atoms with E-state index in [-0.39, 0.29) is 12.5 Å². The van der Waals surface area contributed by atoms with E-state index in [1.165, 1.54) is 11.8 Å². The van der Waals surface area contributed by atoms with Crippen LogP contribution in [-0.4, -0.2) is 49.4 Å². The summed E-state index contributed by atoms with van der Waals surface area (Å²) in [5.41, 5.74) is 0. The Kier molecular flexibility index (Phi) is 5.77. The lowest BCUT2D eigenvalue weighted by Gasteiger charge is -2.21. The van der Waals surface area contributed by atoms with Crippen molar-refractivity contribution in [2.75, 3.05) is 18.9 Å². The zero-order valence-electron chi connectivity index (χ0n) is 11.8. The molecule has 0 unspecified atom stereocenters. The molecule has 0 bridgehead atoms. The van der Waals surface area contributed by atoms with Crippen molar-refractivity contribution in [1.29, 1.82) is 0 Å². The van der Waals surface area contributed by atoms with Gasteiger partial charge >= 0.3 is 0 Å². The van der Waals surface area contributed by atoms with Crippen LogP contribution in [0.25, 0.3) is 0 Å². The highest BCUT2D eigenvalue weighted by Gasteiger charge is 2.15. The van der Waals surface area contributed by atoms with Crippen LogP contribution < -0.4 is 0 Å². The fourth-order valence-corrected chi connectivity index (χ4v) is 2.59. The molecule has 0 saturated heterocycles. The third-order valence-corrected chi connectivity index (χ3v) is 3.98. The Morgan fingerprint density at radius 1 is 1.38 bits per heavy atom. The Morgan fingerprint density at radius 3 is 2.76 bits per heavy atom. The molecule has 0 saturated carbocycles. The van der Waals surface area contributed by atoms with E-state index in [1.807, 2.05) is 29.9 Å². The highest BCUT2D eigenvalue weighted by molar-refractivity contribution is 8.00. The second kappa shape index (κ2) is 7.80. The van der Waals surface area contributed by atoms with Crippen LogP contribution in [0.5, 0.6) is 0 Å². The van der Waals surface area contributed by atoms with Gasteiger partial charge in [-0.05, 0) is 12.1 Å². The molecule has 0 aliphatic carbocycles. The molecule has 6 nitrogen and oxygen atoms in total. The summed E-state index contributed by atoms with van der Waals surface area (Å²) in [5, 5.41) is 9.13. The summed E-state index contributed by atoms with van der Waals surface area (Å²) in [7, 11) is 1.88. The number of thioether (sulfide) groups is 1. The van der Waals surface area contributed by atoms with Crippen molar-refractivity contribution in [2.45, 2.75) is 11.4 Å². The number of imidazole rings is 1. The zero-order chi connectivity index (χ0) is 15.1. The topological polar surface area (TPSA) is 71.2 Å². The maximum atomic E-state index is 12.3. The van der Waals surface area contributed by atoms with Crippen molar-refractivity contribution in [1.82, 2.24) is 19.4 Å². The number of aliphatic hydroxyl groups excluding tert-OH is 1. The van der Waals surface area contributed by atoms with E-state index < -0.39 is 0 Å². The van der Waals surface area contributed by atoms with Gasteiger partial charge in [-0.3, -0.25) is 9.78 Å². The van der Waals surface area contributed by atoms with E-state index >= 15 is 0 Å². The summed E-state index contributed by atoms with van der Waals surface area (Å²) in [6.45, 7) is 0.651. The van der Waals surface area contributed by atoms with Gasteiger partial charge in [0.05, 0.1) is 18.9 Å². The molecule has 2 heterocycles. The van der Waals surface area contributed by atoms with Gasteiger partial charge in [0.15, 0.2) is 0 Å². The van der Waals surface area contributed by atoms with Crippen LogP contribution in [0.1, 0.15) is 5.82 Å². The number of amides is 1. The highest BCUT2D eigenvalue weighted by atomic mass is 32.2. The Labute approximate surface area is 127 Å². The summed E-state index contributed by atoms with van der Waals surface area (Å²) in [6.07, 6.45) is 6.93. The number of aliphatic hydroxyl groups is 1. The lowest BCUT2D eigenvalue weighted by atomic mass is 10.4. The molecular formula is C14H18N4O2S. The number of carbonyl (C=O) groups excluding carboxylic acids is 1. The van der Waals surface area contributed by atoms with E-state index in [4.69, 9.17) is 5.11 Å². The van der Waals surface area contributed by atoms with Gasteiger partial charge in [0, 0.05) is 43.3 Å². The molecule has 0 fully saturated rings. The Morgan fingerprint density at radius 2 is 2.14 bits per heavy atom. The number of carbonyl (C=O) groups is 1. The van der Waals surface area contributed by atoms with Crippen molar-refractivity contribution in [2.24, 2.45) is 7.05 Å². The molecule has 0 aliphatic heterocycles. The van der Waals surface area contributed by atoms with Crippen molar-refractivity contribution in [3.8, 4) is 0 Å². The molecule has 1 amide bonds. The minimum Gasteiger partial charge on any atom is -0.395 e. The van der Waals surface area contributed by atoms with Crippen LogP contribution in [0.2, 0.25) is 0 Å². The predicted molar refractivity (Wildman–Crippen MR) is 80.7 cm³/mol. The Bertz CT molecular complexity index is 573. The minimum atomic E-state index is -0.0594. The van der Waals surface area contributed by atoms with Gasteiger partial charge in [-0.2, -0.15) is 0 Å². The highest BCUT2D eigenvalue weighted by Crippen LogP contribution is 2.17. The predicted octanol–water partition coefficient (Wildman–Crippen LogP) is 0.928. The lowest BCUT2D eigenvalue weighted by Crippen LogP contribution is -2.35. The number of aryl methyl sites for hydroxylation is 1. The molecule has 2 aromatic rings. The largest absolute Gasteiger partial charge is 0.395 e. The molecule has 0 aliphatic rings. The lowest BCUT2D eigenvalue weighted by molar-refractivity contribution is -0.129. The van der Waals surface area contributed by atoms with Crippen LogP contribution >= 0.6 is 11.8 Å². The van der Waals surface area contributed by atoms with Gasteiger partial charge in [0.25, 0.3) is 0 Å². The number of rotatable bonds is 7. The normalized spacial score (nSPS) is 10.6. The minimum absolute atomic E-state index is 0.0196. The van der Waals surface area contributed by atoms with E-state index in [9.17, 15) is 4.79 Å². The van der Waals surface area contributed by atoms with Crippen molar-refractivity contribution in [3.05, 3.63) is 42.7 Å². The van der Waals surface area contributed by atoms with Gasteiger partial charge in [0.2, 0.25) is 5.91 Å². The van der Waals surface area contributed by atoms with Crippen molar-refractivity contribution in [3.63, 3.8) is 0 Å². The van der Waals surface area contributed by atoms with Crippen molar-refractivity contribution < 1.29 is 9.90 Å². The van der Waals surface area contributed by atoms with Crippen molar-refractivity contribution >= 4 is 17.7 Å². The van der Waals surface area contributed by atoms with Crippen LogP contribution in [0, 0.1) is 0 Å². The maximum Gasteiger partial charge on any atom is 0.233 e. The number of aromatic nitrogens is 3. The summed E-state index contributed by atoms with van der Waals surface area (Å²) in [5.74, 6) is 1.11. The molecule has 21 heavy (non-hydrogen) atoms. The Balaban J connectivity index is 1.94. The zero-order valence-corrected chi connectivity index (χ0v) is 12.7. The van der Waals surface area contributed by atoms with E-state index in [0.717, 1.165) is 10.7 Å². The fraction of sp³-hybridized carbons (Fsp3) is 0.357. The molecular weight excluding hydrogens is 288 g/mol. The van der Waals surface area contributed by atoms with E-state index in [1.54, 1.807) is 23.5 Å². The molecule has 0 spiro atoms. The average molecular weight is 306 g/mol. The molecule has 2 rings (SSSR count). The van der Waals surface area contributed by atoms with Crippen LogP contribution in [0.15, 0.2) is 41.8 Å². The van der Waals surface area contributed by atoms with Crippen LogP contribution in [0.3, 0.4) is 0 Å².